The highest BCUT2D eigenvalue weighted by Crippen LogP contribution is 2.34. The van der Waals surface area contributed by atoms with Crippen LogP contribution in [0.5, 0.6) is 5.75 Å². The Morgan fingerprint density at radius 1 is 1.14 bits per heavy atom. The molecule has 7 nitrogen and oxygen atoms in total. The zero-order valence-electron chi connectivity index (χ0n) is 19.4. The number of benzene rings is 2. The van der Waals surface area contributed by atoms with Crippen LogP contribution in [0, 0.1) is 19.3 Å². The van der Waals surface area contributed by atoms with Crippen LogP contribution in [0.3, 0.4) is 0 Å². The summed E-state index contributed by atoms with van der Waals surface area (Å²) in [6, 6.07) is 17.2. The highest BCUT2D eigenvalue weighted by molar-refractivity contribution is 8.27. The van der Waals surface area contributed by atoms with Crippen LogP contribution >= 0.6 is 23.4 Å². The van der Waals surface area contributed by atoms with Gasteiger partial charge in [-0.3, -0.25) is 10.2 Å². The van der Waals surface area contributed by atoms with Gasteiger partial charge in [0.25, 0.3) is 5.91 Å². The summed E-state index contributed by atoms with van der Waals surface area (Å²) < 4.78 is 7.91. The van der Waals surface area contributed by atoms with E-state index < -0.39 is 5.91 Å². The number of thioether (sulfide) groups is 1. The predicted molar refractivity (Wildman–Crippen MR) is 142 cm³/mol. The summed E-state index contributed by atoms with van der Waals surface area (Å²) in [5.41, 5.74) is 4.56. The number of para-hydroxylation sites is 2. The fraction of sp³-hybridized carbons (Fsp3) is 0.154. The molecule has 1 aromatic heterocycles. The van der Waals surface area contributed by atoms with Crippen LogP contribution in [0.4, 0.5) is 0 Å². The topological polar surface area (TPSA) is 83.0 Å². The first-order valence-electron chi connectivity index (χ1n) is 11.0. The number of nitrogens with zero attached hydrogens (tertiary/aromatic N) is 4. The first-order chi connectivity index (χ1) is 16.9. The van der Waals surface area contributed by atoms with Crippen molar-refractivity contribution < 1.29 is 9.53 Å². The second-order valence-electron chi connectivity index (χ2n) is 7.97. The van der Waals surface area contributed by atoms with Gasteiger partial charge in [0.2, 0.25) is 5.17 Å². The molecule has 0 unspecified atom stereocenters. The number of rotatable bonds is 5. The molecule has 9 heteroatoms. The molecule has 35 heavy (non-hydrogen) atoms. The molecule has 0 saturated heterocycles. The number of ether oxygens (including phenoxy) is 1. The average molecular weight is 504 g/mol. The molecular weight excluding hydrogens is 482 g/mol. The Morgan fingerprint density at radius 3 is 2.66 bits per heavy atom. The van der Waals surface area contributed by atoms with Gasteiger partial charge in [0.1, 0.15) is 10.8 Å². The van der Waals surface area contributed by atoms with Crippen molar-refractivity contribution >= 4 is 51.4 Å². The molecule has 0 saturated carbocycles. The lowest BCUT2D eigenvalue weighted by atomic mass is 10.1. The van der Waals surface area contributed by atoms with Gasteiger partial charge < -0.3 is 9.30 Å². The number of halogens is 1. The van der Waals surface area contributed by atoms with E-state index >= 15 is 0 Å². The second-order valence-corrected chi connectivity index (χ2v) is 9.33. The van der Waals surface area contributed by atoms with E-state index in [4.69, 9.17) is 21.7 Å². The smallest absolute Gasteiger partial charge is 0.283 e. The van der Waals surface area contributed by atoms with E-state index in [1.54, 1.807) is 12.1 Å². The minimum atomic E-state index is -0.469. The zero-order chi connectivity index (χ0) is 24.7. The number of hydrogen-bond donors (Lipinski definition) is 1. The Balaban J connectivity index is 1.52. The summed E-state index contributed by atoms with van der Waals surface area (Å²) in [5, 5.41) is 16.1. The van der Waals surface area contributed by atoms with Gasteiger partial charge in [0.15, 0.2) is 5.84 Å². The predicted octanol–water partition coefficient (Wildman–Crippen LogP) is 5.81. The normalized spacial score (nSPS) is 16.5. The third-order valence-electron chi connectivity index (χ3n) is 5.73. The van der Waals surface area contributed by atoms with Crippen LogP contribution in [0.2, 0.25) is 5.02 Å². The molecular formula is C26H22ClN5O2S. The Labute approximate surface area is 212 Å². The number of nitrogens with one attached hydrogen (secondary N) is 1. The molecule has 3 heterocycles. The number of aliphatic imine (C=N–C) groups is 1. The van der Waals surface area contributed by atoms with Crippen molar-refractivity contribution in [1.29, 1.82) is 5.41 Å². The standard InChI is InChI=1S/C26H22ClN5O2S/c1-4-34-22-12-8-7-11-21(22)31-15(2)13-17(16(31)3)14-19-23(28)32-26(29-24(19)33)35-25(30-32)18-9-5-6-10-20(18)27/h5-14,28H,4H2,1-3H3/b19-14-,28-23?. The van der Waals surface area contributed by atoms with Crippen molar-refractivity contribution in [2.24, 2.45) is 10.1 Å². The van der Waals surface area contributed by atoms with Gasteiger partial charge in [0.05, 0.1) is 22.9 Å². The van der Waals surface area contributed by atoms with Gasteiger partial charge in [-0.05, 0) is 68.4 Å². The molecule has 2 aliphatic rings. The van der Waals surface area contributed by atoms with E-state index in [1.807, 2.05) is 69.3 Å². The maximum absolute atomic E-state index is 12.9. The quantitative estimate of drug-likeness (QED) is 0.445. The van der Waals surface area contributed by atoms with Gasteiger partial charge in [0, 0.05) is 17.0 Å². The third-order valence-corrected chi connectivity index (χ3v) is 7.01. The van der Waals surface area contributed by atoms with Crippen LogP contribution in [0.25, 0.3) is 11.8 Å². The number of amides is 1. The van der Waals surface area contributed by atoms with Gasteiger partial charge in [-0.2, -0.15) is 15.1 Å². The summed E-state index contributed by atoms with van der Waals surface area (Å²) in [6.07, 6.45) is 1.71. The van der Waals surface area contributed by atoms with Gasteiger partial charge >= 0.3 is 0 Å². The lowest BCUT2D eigenvalue weighted by Crippen LogP contribution is -2.35. The van der Waals surface area contributed by atoms with E-state index in [1.165, 1.54) is 16.8 Å². The Bertz CT molecular complexity index is 1470. The number of hydrogen-bond acceptors (Lipinski definition) is 5. The molecule has 0 aliphatic carbocycles. The fourth-order valence-electron chi connectivity index (χ4n) is 4.12. The zero-order valence-corrected chi connectivity index (χ0v) is 20.9. The second kappa shape index (κ2) is 9.20. The van der Waals surface area contributed by atoms with Crippen LogP contribution in [-0.4, -0.2) is 38.1 Å². The Kier molecular flexibility index (Phi) is 6.08. The molecule has 176 valence electrons. The van der Waals surface area contributed by atoms with Crippen LogP contribution in [0.1, 0.15) is 29.4 Å². The molecule has 0 radical (unpaired) electrons. The molecule has 0 spiro atoms. The van der Waals surface area contributed by atoms with E-state index in [0.717, 1.165) is 34.0 Å². The lowest BCUT2D eigenvalue weighted by Gasteiger charge is -2.20. The summed E-state index contributed by atoms with van der Waals surface area (Å²) >= 11 is 7.55. The highest BCUT2D eigenvalue weighted by atomic mass is 35.5. The van der Waals surface area contributed by atoms with Crippen molar-refractivity contribution in [2.75, 3.05) is 6.61 Å². The largest absolute Gasteiger partial charge is 0.492 e. The molecule has 5 rings (SSSR count). The Morgan fingerprint density at radius 2 is 1.89 bits per heavy atom. The molecule has 3 aromatic rings. The number of fused-ring (bicyclic) bond motifs is 1. The van der Waals surface area contributed by atoms with Crippen molar-refractivity contribution in [3.05, 3.63) is 87.7 Å². The first-order valence-corrected chi connectivity index (χ1v) is 12.2. The third kappa shape index (κ3) is 4.09. The number of hydrazone groups is 1. The van der Waals surface area contributed by atoms with Gasteiger partial charge in [-0.15, -0.1) is 0 Å². The fourth-order valence-corrected chi connectivity index (χ4v) is 5.33. The van der Waals surface area contributed by atoms with Crippen LogP contribution in [-0.2, 0) is 4.79 Å². The molecule has 0 bridgehead atoms. The molecule has 1 amide bonds. The average Bonchev–Trinajstić information content (AvgIpc) is 3.38. The molecule has 2 aromatic carbocycles. The monoisotopic (exact) mass is 503 g/mol. The first kappa shape index (κ1) is 23.1. The number of carbonyl (C=O) groups excluding carboxylic acids is 1. The van der Waals surface area contributed by atoms with E-state index in [9.17, 15) is 4.79 Å². The van der Waals surface area contributed by atoms with E-state index in [0.29, 0.717) is 21.8 Å². The van der Waals surface area contributed by atoms with Crippen molar-refractivity contribution in [3.63, 3.8) is 0 Å². The Hall–Kier alpha value is -3.62. The van der Waals surface area contributed by atoms with E-state index in [-0.39, 0.29) is 11.4 Å². The van der Waals surface area contributed by atoms with Crippen molar-refractivity contribution in [1.82, 2.24) is 9.58 Å². The number of carbonyl (C=O) groups is 1. The van der Waals surface area contributed by atoms with Gasteiger partial charge in [-0.25, -0.2) is 0 Å². The number of aromatic nitrogens is 1. The van der Waals surface area contributed by atoms with E-state index in [2.05, 4.69) is 14.7 Å². The van der Waals surface area contributed by atoms with Crippen molar-refractivity contribution in [3.8, 4) is 11.4 Å². The SMILES string of the molecule is CCOc1ccccc1-n1c(C)cc(/C=C2/C(=N)N3N=C(c4ccccc4Cl)SC3=NC2=O)c1C. The summed E-state index contributed by atoms with van der Waals surface area (Å²) in [5.74, 6) is 0.292. The molecule has 0 atom stereocenters. The number of aryl methyl sites for hydroxylation is 1. The van der Waals surface area contributed by atoms with Crippen LogP contribution in [0.15, 0.2) is 70.3 Å². The molecule has 0 fully saturated rings. The van der Waals surface area contributed by atoms with Gasteiger partial charge in [-0.1, -0.05) is 41.9 Å². The minimum Gasteiger partial charge on any atom is -0.492 e. The maximum Gasteiger partial charge on any atom is 0.283 e. The highest BCUT2D eigenvalue weighted by Gasteiger charge is 2.36. The summed E-state index contributed by atoms with van der Waals surface area (Å²) in [4.78, 5) is 17.1. The number of amidine groups is 2. The minimum absolute atomic E-state index is 0.0194. The van der Waals surface area contributed by atoms with Crippen molar-refractivity contribution in [2.45, 2.75) is 20.8 Å². The summed E-state index contributed by atoms with van der Waals surface area (Å²) in [7, 11) is 0. The molecule has 2 aliphatic heterocycles. The maximum atomic E-state index is 12.9. The lowest BCUT2D eigenvalue weighted by molar-refractivity contribution is -0.114. The molecule has 1 N–H and O–H groups in total. The van der Waals surface area contributed by atoms with Crippen LogP contribution < -0.4 is 4.74 Å². The summed E-state index contributed by atoms with van der Waals surface area (Å²) in [6.45, 7) is 6.49.